The Labute approximate surface area is 123 Å². The fourth-order valence-electron chi connectivity index (χ4n) is 2.22. The number of aliphatic hydroxyl groups is 1. The van der Waals surface area contributed by atoms with Crippen molar-refractivity contribution in [2.75, 3.05) is 18.5 Å². The smallest absolute Gasteiger partial charge is 0.162 e. The predicted octanol–water partition coefficient (Wildman–Crippen LogP) is 3.01. The molecule has 2 aromatic carbocycles. The quantitative estimate of drug-likeness (QED) is 0.770. The average Bonchev–Trinajstić information content (AvgIpc) is 2.53. The molecule has 0 amide bonds. The molecule has 0 aliphatic carbocycles. The van der Waals surface area contributed by atoms with Gasteiger partial charge in [0.25, 0.3) is 0 Å². The van der Waals surface area contributed by atoms with Crippen molar-refractivity contribution in [3.8, 4) is 11.4 Å². The summed E-state index contributed by atoms with van der Waals surface area (Å²) in [4.78, 5) is 9.24. The SMILES string of the molecule is Cc1ccc(-c2nc(NCCO)c3ccccc3n2)cc1. The summed E-state index contributed by atoms with van der Waals surface area (Å²) in [7, 11) is 0. The molecule has 0 aliphatic rings. The van der Waals surface area contributed by atoms with Gasteiger partial charge < -0.3 is 10.4 Å². The highest BCUT2D eigenvalue weighted by Gasteiger charge is 2.08. The summed E-state index contributed by atoms with van der Waals surface area (Å²) >= 11 is 0. The fraction of sp³-hybridized carbons (Fsp3) is 0.176. The highest BCUT2D eigenvalue weighted by molar-refractivity contribution is 5.90. The number of anilines is 1. The van der Waals surface area contributed by atoms with Crippen LogP contribution in [0.25, 0.3) is 22.3 Å². The van der Waals surface area contributed by atoms with Crippen LogP contribution in [0.15, 0.2) is 48.5 Å². The van der Waals surface area contributed by atoms with Gasteiger partial charge in [-0.25, -0.2) is 9.97 Å². The van der Waals surface area contributed by atoms with E-state index < -0.39 is 0 Å². The molecule has 0 radical (unpaired) electrons. The van der Waals surface area contributed by atoms with Crippen LogP contribution in [0.1, 0.15) is 5.56 Å². The lowest BCUT2D eigenvalue weighted by Crippen LogP contribution is -2.08. The average molecular weight is 279 g/mol. The van der Waals surface area contributed by atoms with Crippen molar-refractivity contribution in [1.82, 2.24) is 9.97 Å². The lowest BCUT2D eigenvalue weighted by Gasteiger charge is -2.10. The van der Waals surface area contributed by atoms with Crippen molar-refractivity contribution < 1.29 is 5.11 Å². The Bertz CT molecular complexity index is 754. The van der Waals surface area contributed by atoms with Gasteiger partial charge in [-0.2, -0.15) is 0 Å². The van der Waals surface area contributed by atoms with Gasteiger partial charge in [-0.1, -0.05) is 42.0 Å². The van der Waals surface area contributed by atoms with Crippen molar-refractivity contribution in [1.29, 1.82) is 0 Å². The topological polar surface area (TPSA) is 58.0 Å². The number of aryl methyl sites for hydroxylation is 1. The number of para-hydroxylation sites is 1. The lowest BCUT2D eigenvalue weighted by atomic mass is 10.1. The van der Waals surface area contributed by atoms with Crippen LogP contribution < -0.4 is 5.32 Å². The predicted molar refractivity (Wildman–Crippen MR) is 85.3 cm³/mol. The first-order valence-electron chi connectivity index (χ1n) is 6.96. The second-order valence-electron chi connectivity index (χ2n) is 4.93. The molecule has 0 saturated heterocycles. The third kappa shape index (κ3) is 2.85. The van der Waals surface area contributed by atoms with Crippen LogP contribution in [0, 0.1) is 6.92 Å². The van der Waals surface area contributed by atoms with E-state index >= 15 is 0 Å². The third-order valence-corrected chi connectivity index (χ3v) is 3.32. The van der Waals surface area contributed by atoms with Crippen molar-refractivity contribution >= 4 is 16.7 Å². The minimum absolute atomic E-state index is 0.0677. The summed E-state index contributed by atoms with van der Waals surface area (Å²) in [5, 5.41) is 13.1. The molecule has 106 valence electrons. The van der Waals surface area contributed by atoms with Gasteiger partial charge >= 0.3 is 0 Å². The zero-order chi connectivity index (χ0) is 14.7. The monoisotopic (exact) mass is 279 g/mol. The van der Waals surface area contributed by atoms with Crippen molar-refractivity contribution in [2.45, 2.75) is 6.92 Å². The van der Waals surface area contributed by atoms with Gasteiger partial charge in [0, 0.05) is 17.5 Å². The van der Waals surface area contributed by atoms with Crippen molar-refractivity contribution in [2.24, 2.45) is 0 Å². The molecule has 0 fully saturated rings. The van der Waals surface area contributed by atoms with Gasteiger partial charge in [-0.15, -0.1) is 0 Å². The van der Waals surface area contributed by atoms with Gasteiger partial charge in [-0.05, 0) is 19.1 Å². The zero-order valence-electron chi connectivity index (χ0n) is 11.9. The first kappa shape index (κ1) is 13.5. The normalized spacial score (nSPS) is 10.8. The maximum Gasteiger partial charge on any atom is 0.162 e. The van der Waals surface area contributed by atoms with E-state index in [2.05, 4.69) is 34.3 Å². The van der Waals surface area contributed by atoms with Crippen LogP contribution in [-0.2, 0) is 0 Å². The molecule has 21 heavy (non-hydrogen) atoms. The summed E-state index contributed by atoms with van der Waals surface area (Å²) in [6, 6.07) is 16.0. The lowest BCUT2D eigenvalue weighted by molar-refractivity contribution is 0.311. The molecule has 1 heterocycles. The van der Waals surface area contributed by atoms with Gasteiger partial charge in [0.15, 0.2) is 5.82 Å². The number of hydrogen-bond acceptors (Lipinski definition) is 4. The fourth-order valence-corrected chi connectivity index (χ4v) is 2.22. The second kappa shape index (κ2) is 5.89. The molecule has 0 unspecified atom stereocenters. The summed E-state index contributed by atoms with van der Waals surface area (Å²) in [5.74, 6) is 1.44. The molecule has 0 bridgehead atoms. The molecule has 0 aliphatic heterocycles. The Hall–Kier alpha value is -2.46. The van der Waals surface area contributed by atoms with Gasteiger partial charge in [-0.3, -0.25) is 0 Å². The minimum Gasteiger partial charge on any atom is -0.395 e. The molecular formula is C17H17N3O. The van der Waals surface area contributed by atoms with E-state index in [9.17, 15) is 0 Å². The second-order valence-corrected chi connectivity index (χ2v) is 4.93. The van der Waals surface area contributed by atoms with Crippen LogP contribution >= 0.6 is 0 Å². The van der Waals surface area contributed by atoms with Crippen LogP contribution in [0.3, 0.4) is 0 Å². The van der Waals surface area contributed by atoms with Crippen LogP contribution in [0.2, 0.25) is 0 Å². The highest BCUT2D eigenvalue weighted by Crippen LogP contribution is 2.24. The molecule has 0 saturated carbocycles. The van der Waals surface area contributed by atoms with Crippen LogP contribution in [-0.4, -0.2) is 28.2 Å². The molecule has 4 heteroatoms. The Morgan fingerprint density at radius 2 is 1.76 bits per heavy atom. The largest absolute Gasteiger partial charge is 0.395 e. The Balaban J connectivity index is 2.12. The van der Waals surface area contributed by atoms with E-state index in [1.165, 1.54) is 5.56 Å². The number of aliphatic hydroxyl groups excluding tert-OH is 1. The number of aromatic nitrogens is 2. The summed E-state index contributed by atoms with van der Waals surface area (Å²) in [5.41, 5.74) is 3.08. The van der Waals surface area contributed by atoms with E-state index in [4.69, 9.17) is 5.11 Å². The first-order valence-corrected chi connectivity index (χ1v) is 6.96. The van der Waals surface area contributed by atoms with E-state index in [0.29, 0.717) is 12.4 Å². The van der Waals surface area contributed by atoms with E-state index in [-0.39, 0.29) is 6.61 Å². The number of nitrogens with one attached hydrogen (secondary N) is 1. The number of hydrogen-bond donors (Lipinski definition) is 2. The first-order chi connectivity index (χ1) is 10.3. The Morgan fingerprint density at radius 1 is 1.00 bits per heavy atom. The van der Waals surface area contributed by atoms with Gasteiger partial charge in [0.2, 0.25) is 0 Å². The van der Waals surface area contributed by atoms with Gasteiger partial charge in [0.05, 0.1) is 12.1 Å². The number of fused-ring (bicyclic) bond motifs is 1. The molecule has 0 atom stereocenters. The number of rotatable bonds is 4. The maximum absolute atomic E-state index is 9.01. The number of benzene rings is 2. The maximum atomic E-state index is 9.01. The van der Waals surface area contributed by atoms with Gasteiger partial charge in [0.1, 0.15) is 5.82 Å². The van der Waals surface area contributed by atoms with Crippen LogP contribution in [0.4, 0.5) is 5.82 Å². The Morgan fingerprint density at radius 3 is 2.52 bits per heavy atom. The summed E-state index contributed by atoms with van der Waals surface area (Å²) in [6.07, 6.45) is 0. The molecule has 3 aromatic rings. The standard InChI is InChI=1S/C17H17N3O/c1-12-6-8-13(9-7-12)16-19-15-5-3-2-4-14(15)17(20-16)18-10-11-21/h2-9,21H,10-11H2,1H3,(H,18,19,20). The highest BCUT2D eigenvalue weighted by atomic mass is 16.3. The minimum atomic E-state index is 0.0677. The molecule has 4 nitrogen and oxygen atoms in total. The van der Waals surface area contributed by atoms with Crippen molar-refractivity contribution in [3.05, 3.63) is 54.1 Å². The summed E-state index contributed by atoms with van der Waals surface area (Å²) < 4.78 is 0. The van der Waals surface area contributed by atoms with Crippen molar-refractivity contribution in [3.63, 3.8) is 0 Å². The van der Waals surface area contributed by atoms with E-state index in [1.54, 1.807) is 0 Å². The molecule has 3 rings (SSSR count). The van der Waals surface area contributed by atoms with Crippen LogP contribution in [0.5, 0.6) is 0 Å². The molecule has 1 aromatic heterocycles. The molecule has 0 spiro atoms. The summed E-state index contributed by atoms with van der Waals surface area (Å²) in [6.45, 7) is 2.59. The molecular weight excluding hydrogens is 262 g/mol. The zero-order valence-corrected chi connectivity index (χ0v) is 11.9. The molecule has 2 N–H and O–H groups in total. The van der Waals surface area contributed by atoms with E-state index in [0.717, 1.165) is 22.3 Å². The number of nitrogens with zero attached hydrogens (tertiary/aromatic N) is 2. The third-order valence-electron chi connectivity index (χ3n) is 3.32. The Kier molecular flexibility index (Phi) is 3.79. The van der Waals surface area contributed by atoms with E-state index in [1.807, 2.05) is 36.4 Å².